The van der Waals surface area contributed by atoms with Gasteiger partial charge in [-0.15, -0.1) is 0 Å². The quantitative estimate of drug-likeness (QED) is 0.661. The molecule has 0 bridgehead atoms. The predicted molar refractivity (Wildman–Crippen MR) is 127 cm³/mol. The van der Waals surface area contributed by atoms with Crippen LogP contribution in [0.15, 0.2) is 24.5 Å². The van der Waals surface area contributed by atoms with Gasteiger partial charge in [0.25, 0.3) is 0 Å². The highest BCUT2D eigenvalue weighted by molar-refractivity contribution is 5.98. The van der Waals surface area contributed by atoms with Gasteiger partial charge in [-0.05, 0) is 43.9 Å². The number of piperidine rings is 1. The molecule has 9 nitrogen and oxygen atoms in total. The first-order valence-electron chi connectivity index (χ1n) is 12.2. The molecule has 186 valence electrons. The number of rotatable bonds is 4. The maximum Gasteiger partial charge on any atom is 0.249 e. The van der Waals surface area contributed by atoms with Crippen molar-refractivity contribution in [3.8, 4) is 0 Å². The van der Waals surface area contributed by atoms with E-state index in [2.05, 4.69) is 19.9 Å². The topological polar surface area (TPSA) is 91.8 Å². The Morgan fingerprint density at radius 1 is 1.17 bits per heavy atom. The molecule has 5 rings (SSSR count). The van der Waals surface area contributed by atoms with Crippen molar-refractivity contribution in [2.45, 2.75) is 52.5 Å². The third-order valence-corrected chi connectivity index (χ3v) is 7.37. The Labute approximate surface area is 204 Å². The SMILES string of the molecule is Cc1ncc([C@@H]2CCON2C(=O)C2CCN(c3nccc(N4CCC(C)(C)C4=O)n3)CC2)cc1F. The zero-order chi connectivity index (χ0) is 24.7. The number of amides is 2. The number of aromatic nitrogens is 3. The number of carbonyl (C=O) groups is 2. The first-order chi connectivity index (χ1) is 16.7. The normalized spacial score (nSPS) is 22.8. The molecule has 3 aliphatic heterocycles. The average molecular weight is 483 g/mol. The number of halogens is 1. The Hall–Kier alpha value is -3.14. The number of carbonyl (C=O) groups excluding carboxylic acids is 2. The van der Waals surface area contributed by atoms with Crippen molar-refractivity contribution in [2.75, 3.05) is 36.0 Å². The summed E-state index contributed by atoms with van der Waals surface area (Å²) in [5.41, 5.74) is 0.614. The molecule has 5 heterocycles. The van der Waals surface area contributed by atoms with E-state index in [1.165, 1.54) is 11.1 Å². The number of hydrogen-bond acceptors (Lipinski definition) is 7. The van der Waals surface area contributed by atoms with Crippen LogP contribution in [0.2, 0.25) is 0 Å². The van der Waals surface area contributed by atoms with Gasteiger partial charge in [0.15, 0.2) is 0 Å². The Bertz CT molecular complexity index is 1130. The fourth-order valence-corrected chi connectivity index (χ4v) is 5.02. The van der Waals surface area contributed by atoms with Gasteiger partial charge >= 0.3 is 0 Å². The number of hydrogen-bond donors (Lipinski definition) is 0. The Kier molecular flexibility index (Phi) is 6.16. The van der Waals surface area contributed by atoms with Crippen LogP contribution >= 0.6 is 0 Å². The van der Waals surface area contributed by atoms with E-state index in [-0.39, 0.29) is 35.0 Å². The monoisotopic (exact) mass is 482 g/mol. The highest BCUT2D eigenvalue weighted by atomic mass is 19.1. The van der Waals surface area contributed by atoms with Crippen molar-refractivity contribution >= 4 is 23.6 Å². The lowest BCUT2D eigenvalue weighted by atomic mass is 9.92. The van der Waals surface area contributed by atoms with Crippen LogP contribution < -0.4 is 9.80 Å². The van der Waals surface area contributed by atoms with Gasteiger partial charge in [-0.2, -0.15) is 4.98 Å². The molecule has 0 spiro atoms. The van der Waals surface area contributed by atoms with E-state index in [1.807, 2.05) is 13.8 Å². The van der Waals surface area contributed by atoms with E-state index in [1.54, 1.807) is 30.3 Å². The molecule has 0 saturated carbocycles. The van der Waals surface area contributed by atoms with Crippen LogP contribution in [0.25, 0.3) is 0 Å². The Morgan fingerprint density at radius 3 is 2.63 bits per heavy atom. The van der Waals surface area contributed by atoms with Gasteiger partial charge in [-0.1, -0.05) is 13.8 Å². The largest absolute Gasteiger partial charge is 0.341 e. The first-order valence-corrected chi connectivity index (χ1v) is 12.2. The molecule has 0 radical (unpaired) electrons. The van der Waals surface area contributed by atoms with E-state index >= 15 is 0 Å². The third-order valence-electron chi connectivity index (χ3n) is 7.37. The minimum absolute atomic E-state index is 0.0762. The van der Waals surface area contributed by atoms with E-state index in [4.69, 9.17) is 4.84 Å². The molecule has 0 N–H and O–H groups in total. The summed E-state index contributed by atoms with van der Waals surface area (Å²) in [5, 5.41) is 1.42. The van der Waals surface area contributed by atoms with Crippen LogP contribution in [0.5, 0.6) is 0 Å². The molecule has 1 atom stereocenters. The van der Waals surface area contributed by atoms with Crippen molar-refractivity contribution < 1.29 is 18.8 Å². The van der Waals surface area contributed by atoms with Crippen molar-refractivity contribution in [1.29, 1.82) is 0 Å². The first kappa shape index (κ1) is 23.6. The Morgan fingerprint density at radius 2 is 1.94 bits per heavy atom. The Balaban J connectivity index is 1.23. The minimum atomic E-state index is -0.378. The fourth-order valence-electron chi connectivity index (χ4n) is 5.02. The van der Waals surface area contributed by atoms with Crippen molar-refractivity contribution in [1.82, 2.24) is 20.0 Å². The van der Waals surface area contributed by atoms with E-state index in [0.717, 1.165) is 6.42 Å². The predicted octanol–water partition coefficient (Wildman–Crippen LogP) is 3.20. The second-order valence-corrected chi connectivity index (χ2v) is 10.2. The summed E-state index contributed by atoms with van der Waals surface area (Å²) >= 11 is 0. The standard InChI is InChI=1S/C25H31FN6O3/c1-16-19(26)14-18(15-28-16)20-7-13-35-32(20)22(33)17-5-10-30(11-6-17)24-27-9-4-21(29-24)31-12-8-25(2,3)23(31)34/h4,9,14-15,17,20H,5-8,10-13H2,1-3H3/t20-/m0/s1. The van der Waals surface area contributed by atoms with E-state index in [0.29, 0.717) is 68.5 Å². The number of aryl methyl sites for hydroxylation is 1. The maximum atomic E-state index is 14.1. The van der Waals surface area contributed by atoms with Crippen molar-refractivity contribution in [3.05, 3.63) is 41.6 Å². The molecule has 3 aliphatic rings. The van der Waals surface area contributed by atoms with Crippen LogP contribution in [0.4, 0.5) is 16.2 Å². The minimum Gasteiger partial charge on any atom is -0.341 e. The zero-order valence-electron chi connectivity index (χ0n) is 20.4. The molecular weight excluding hydrogens is 451 g/mol. The lowest BCUT2D eigenvalue weighted by Gasteiger charge is -2.34. The molecule has 2 aromatic rings. The molecule has 35 heavy (non-hydrogen) atoms. The lowest BCUT2D eigenvalue weighted by molar-refractivity contribution is -0.182. The molecule has 0 aliphatic carbocycles. The molecule has 0 unspecified atom stereocenters. The van der Waals surface area contributed by atoms with Gasteiger partial charge in [-0.3, -0.25) is 24.3 Å². The third kappa shape index (κ3) is 4.47. The fraction of sp³-hybridized carbons (Fsp3) is 0.560. The molecule has 3 fully saturated rings. The van der Waals surface area contributed by atoms with Crippen LogP contribution in [0.3, 0.4) is 0 Å². The summed E-state index contributed by atoms with van der Waals surface area (Å²) < 4.78 is 14.1. The summed E-state index contributed by atoms with van der Waals surface area (Å²) in [4.78, 5) is 48.7. The van der Waals surface area contributed by atoms with Gasteiger partial charge in [0.05, 0.1) is 18.3 Å². The molecule has 2 aromatic heterocycles. The van der Waals surface area contributed by atoms with Gasteiger partial charge in [0.2, 0.25) is 17.8 Å². The van der Waals surface area contributed by atoms with E-state index in [9.17, 15) is 14.0 Å². The van der Waals surface area contributed by atoms with Crippen LogP contribution in [-0.4, -0.2) is 58.1 Å². The van der Waals surface area contributed by atoms with Crippen LogP contribution in [0, 0.1) is 24.1 Å². The second-order valence-electron chi connectivity index (χ2n) is 10.2. The molecule has 3 saturated heterocycles. The van der Waals surface area contributed by atoms with Crippen molar-refractivity contribution in [3.63, 3.8) is 0 Å². The molecule has 2 amide bonds. The van der Waals surface area contributed by atoms with Gasteiger partial charge in [-0.25, -0.2) is 14.4 Å². The van der Waals surface area contributed by atoms with Gasteiger partial charge in [0, 0.05) is 49.8 Å². The summed E-state index contributed by atoms with van der Waals surface area (Å²) in [6, 6.07) is 2.89. The summed E-state index contributed by atoms with van der Waals surface area (Å²) in [6.45, 7) is 7.84. The highest BCUT2D eigenvalue weighted by Crippen LogP contribution is 2.35. The summed E-state index contributed by atoms with van der Waals surface area (Å²) in [7, 11) is 0. The second kappa shape index (κ2) is 9.14. The smallest absolute Gasteiger partial charge is 0.249 e. The van der Waals surface area contributed by atoms with E-state index < -0.39 is 0 Å². The summed E-state index contributed by atoms with van der Waals surface area (Å²) in [5.74, 6) is 0.622. The molecule has 10 heteroatoms. The molecule has 0 aromatic carbocycles. The molecular formula is C25H31FN6O3. The van der Waals surface area contributed by atoms with Crippen LogP contribution in [-0.2, 0) is 14.4 Å². The number of pyridine rings is 1. The average Bonchev–Trinajstić information content (AvgIpc) is 3.45. The lowest BCUT2D eigenvalue weighted by Crippen LogP contribution is -2.42. The number of nitrogens with zero attached hydrogens (tertiary/aromatic N) is 6. The maximum absolute atomic E-state index is 14.1. The zero-order valence-corrected chi connectivity index (χ0v) is 20.4. The van der Waals surface area contributed by atoms with Crippen LogP contribution in [0.1, 0.15) is 56.8 Å². The van der Waals surface area contributed by atoms with Crippen molar-refractivity contribution in [2.24, 2.45) is 11.3 Å². The summed E-state index contributed by atoms with van der Waals surface area (Å²) in [6.07, 6.45) is 5.98. The van der Waals surface area contributed by atoms with Gasteiger partial charge < -0.3 is 4.90 Å². The number of hydroxylamine groups is 2. The highest BCUT2D eigenvalue weighted by Gasteiger charge is 2.40. The van der Waals surface area contributed by atoms with Gasteiger partial charge in [0.1, 0.15) is 11.6 Å². The number of anilines is 2.